The molecule has 7 nitrogen and oxygen atoms in total. The van der Waals surface area contributed by atoms with Gasteiger partial charge in [-0.2, -0.15) is 0 Å². The van der Waals surface area contributed by atoms with Gasteiger partial charge in [0.05, 0.1) is 10.6 Å². The van der Waals surface area contributed by atoms with Crippen LogP contribution in [0.5, 0.6) is 0 Å². The molecule has 0 saturated carbocycles. The van der Waals surface area contributed by atoms with Crippen molar-refractivity contribution in [1.82, 2.24) is 10.2 Å². The smallest absolute Gasteiger partial charge is 0.264 e. The quantitative estimate of drug-likeness (QED) is 0.175. The molecular weight excluding hydrogens is 606 g/mol. The number of amides is 2. The second-order valence-corrected chi connectivity index (χ2v) is 13.6. The molecular formula is C36H40ClN3O4S. The standard InChI is InChI=1S/C36H40ClN3O4S/c1-5-28(4)38-36(42)34(22-29-12-8-6-9-13-29)39(24-30-19-16-26(2)17-20-30)35(41)25-40(33-23-31(37)21-18-27(33)3)45(43,44)32-14-10-7-11-15-32/h6-21,23,28,34H,5,22,24-25H2,1-4H3,(H,38,42). The molecule has 4 aromatic rings. The number of anilines is 1. The molecule has 1 N–H and O–H groups in total. The van der Waals surface area contributed by atoms with Crippen molar-refractivity contribution in [2.75, 3.05) is 10.8 Å². The van der Waals surface area contributed by atoms with Gasteiger partial charge in [-0.25, -0.2) is 8.42 Å². The van der Waals surface area contributed by atoms with E-state index in [4.69, 9.17) is 11.6 Å². The number of aryl methyl sites for hydroxylation is 2. The molecule has 0 saturated heterocycles. The molecule has 0 bridgehead atoms. The van der Waals surface area contributed by atoms with E-state index in [1.165, 1.54) is 17.0 Å². The number of hydrogen-bond acceptors (Lipinski definition) is 4. The molecule has 9 heteroatoms. The third kappa shape index (κ3) is 8.74. The number of nitrogens with zero attached hydrogens (tertiary/aromatic N) is 2. The van der Waals surface area contributed by atoms with Crippen molar-refractivity contribution in [1.29, 1.82) is 0 Å². The maximum absolute atomic E-state index is 14.6. The van der Waals surface area contributed by atoms with E-state index < -0.39 is 28.5 Å². The van der Waals surface area contributed by atoms with E-state index in [1.807, 2.05) is 75.4 Å². The van der Waals surface area contributed by atoms with Gasteiger partial charge in [0.1, 0.15) is 12.6 Å². The molecule has 2 amide bonds. The van der Waals surface area contributed by atoms with E-state index in [0.29, 0.717) is 22.7 Å². The summed E-state index contributed by atoms with van der Waals surface area (Å²) >= 11 is 6.35. The third-order valence-corrected chi connectivity index (χ3v) is 9.80. The van der Waals surface area contributed by atoms with Crippen molar-refractivity contribution in [3.8, 4) is 0 Å². The maximum atomic E-state index is 14.6. The Bertz CT molecular complexity index is 1700. The molecule has 0 aliphatic rings. The molecule has 0 heterocycles. The molecule has 0 spiro atoms. The Labute approximate surface area is 271 Å². The lowest BCUT2D eigenvalue weighted by Gasteiger charge is -2.34. The number of rotatable bonds is 13. The predicted octanol–water partition coefficient (Wildman–Crippen LogP) is 6.71. The highest BCUT2D eigenvalue weighted by atomic mass is 35.5. The van der Waals surface area contributed by atoms with E-state index in [-0.39, 0.29) is 29.8 Å². The second-order valence-electron chi connectivity index (χ2n) is 11.3. The maximum Gasteiger partial charge on any atom is 0.264 e. The van der Waals surface area contributed by atoms with Crippen molar-refractivity contribution in [3.05, 3.63) is 130 Å². The van der Waals surface area contributed by atoms with Crippen LogP contribution in [-0.2, 0) is 32.6 Å². The molecule has 0 aliphatic carbocycles. The Balaban J connectivity index is 1.83. The van der Waals surface area contributed by atoms with Gasteiger partial charge in [-0.3, -0.25) is 13.9 Å². The molecule has 2 unspecified atom stereocenters. The third-order valence-electron chi connectivity index (χ3n) is 7.80. The van der Waals surface area contributed by atoms with Crippen LogP contribution in [-0.4, -0.2) is 43.8 Å². The lowest BCUT2D eigenvalue weighted by Crippen LogP contribution is -2.54. The number of hydrogen-bond donors (Lipinski definition) is 1. The summed E-state index contributed by atoms with van der Waals surface area (Å²) in [6.45, 7) is 7.21. The average Bonchev–Trinajstić information content (AvgIpc) is 3.04. The van der Waals surface area contributed by atoms with E-state index in [2.05, 4.69) is 5.32 Å². The first-order valence-corrected chi connectivity index (χ1v) is 16.8. The lowest BCUT2D eigenvalue weighted by molar-refractivity contribution is -0.140. The van der Waals surface area contributed by atoms with Gasteiger partial charge in [0.15, 0.2) is 0 Å². The van der Waals surface area contributed by atoms with E-state index >= 15 is 0 Å². The fourth-order valence-electron chi connectivity index (χ4n) is 4.97. The minimum absolute atomic E-state index is 0.0395. The summed E-state index contributed by atoms with van der Waals surface area (Å²) in [5.74, 6) is -0.820. The Hall–Kier alpha value is -4.14. The highest BCUT2D eigenvalue weighted by Gasteiger charge is 2.35. The van der Waals surface area contributed by atoms with Gasteiger partial charge < -0.3 is 10.2 Å². The van der Waals surface area contributed by atoms with Crippen molar-refractivity contribution < 1.29 is 18.0 Å². The number of nitrogens with one attached hydrogen (secondary N) is 1. The number of halogens is 1. The first kappa shape index (κ1) is 33.7. The Morgan fingerprint density at radius 2 is 1.47 bits per heavy atom. The highest BCUT2D eigenvalue weighted by Crippen LogP contribution is 2.30. The first-order chi connectivity index (χ1) is 21.5. The van der Waals surface area contributed by atoms with Crippen LogP contribution in [0.3, 0.4) is 0 Å². The molecule has 0 fully saturated rings. The van der Waals surface area contributed by atoms with Crippen LogP contribution in [0.2, 0.25) is 5.02 Å². The Morgan fingerprint density at radius 3 is 2.09 bits per heavy atom. The zero-order valence-corrected chi connectivity index (χ0v) is 27.7. The number of carbonyl (C=O) groups is 2. The Morgan fingerprint density at radius 1 is 0.844 bits per heavy atom. The first-order valence-electron chi connectivity index (χ1n) is 15.0. The van der Waals surface area contributed by atoms with Gasteiger partial charge in [0, 0.05) is 24.0 Å². The summed E-state index contributed by atoms with van der Waals surface area (Å²) in [6, 6.07) is 29.2. The van der Waals surface area contributed by atoms with Crippen LogP contribution in [0.15, 0.2) is 108 Å². The summed E-state index contributed by atoms with van der Waals surface area (Å²) in [4.78, 5) is 30.0. The topological polar surface area (TPSA) is 86.8 Å². The van der Waals surface area contributed by atoms with Crippen LogP contribution in [0.1, 0.15) is 42.5 Å². The largest absolute Gasteiger partial charge is 0.352 e. The van der Waals surface area contributed by atoms with Crippen LogP contribution < -0.4 is 9.62 Å². The summed E-state index contributed by atoms with van der Waals surface area (Å²) in [6.07, 6.45) is 0.967. The minimum atomic E-state index is -4.20. The zero-order chi connectivity index (χ0) is 32.6. The van der Waals surface area contributed by atoms with Gasteiger partial charge in [-0.1, -0.05) is 103 Å². The molecule has 4 rings (SSSR count). The van der Waals surface area contributed by atoms with E-state index in [9.17, 15) is 18.0 Å². The number of sulfonamides is 1. The normalized spacial score (nSPS) is 12.6. The molecule has 0 radical (unpaired) electrons. The molecule has 2 atom stereocenters. The fraction of sp³-hybridized carbons (Fsp3) is 0.278. The summed E-state index contributed by atoms with van der Waals surface area (Å²) in [7, 11) is -4.20. The van der Waals surface area contributed by atoms with Gasteiger partial charge in [-0.05, 0) is 68.1 Å². The molecule has 45 heavy (non-hydrogen) atoms. The number of benzene rings is 4. The lowest BCUT2D eigenvalue weighted by atomic mass is 10.0. The van der Waals surface area contributed by atoms with Crippen molar-refractivity contribution in [2.45, 2.75) is 64.1 Å². The monoisotopic (exact) mass is 645 g/mol. The van der Waals surface area contributed by atoms with Crippen LogP contribution >= 0.6 is 11.6 Å². The highest BCUT2D eigenvalue weighted by molar-refractivity contribution is 7.92. The molecule has 4 aromatic carbocycles. The van der Waals surface area contributed by atoms with Gasteiger partial charge in [0.2, 0.25) is 11.8 Å². The van der Waals surface area contributed by atoms with Gasteiger partial charge in [-0.15, -0.1) is 0 Å². The van der Waals surface area contributed by atoms with Crippen LogP contribution in [0.25, 0.3) is 0 Å². The van der Waals surface area contributed by atoms with Crippen LogP contribution in [0, 0.1) is 13.8 Å². The predicted molar refractivity (Wildman–Crippen MR) is 181 cm³/mol. The van der Waals surface area contributed by atoms with Crippen molar-refractivity contribution in [3.63, 3.8) is 0 Å². The van der Waals surface area contributed by atoms with Crippen molar-refractivity contribution >= 4 is 39.1 Å². The van der Waals surface area contributed by atoms with E-state index in [0.717, 1.165) is 21.0 Å². The van der Waals surface area contributed by atoms with Gasteiger partial charge in [0.25, 0.3) is 10.0 Å². The Kier molecular flexibility index (Phi) is 11.4. The zero-order valence-electron chi connectivity index (χ0n) is 26.1. The minimum Gasteiger partial charge on any atom is -0.352 e. The second kappa shape index (κ2) is 15.2. The molecule has 0 aliphatic heterocycles. The molecule has 236 valence electrons. The van der Waals surface area contributed by atoms with Gasteiger partial charge >= 0.3 is 0 Å². The SMILES string of the molecule is CCC(C)NC(=O)C(Cc1ccccc1)N(Cc1ccc(C)cc1)C(=O)CN(c1cc(Cl)ccc1C)S(=O)(=O)c1ccccc1. The van der Waals surface area contributed by atoms with Crippen molar-refractivity contribution in [2.24, 2.45) is 0 Å². The summed E-state index contributed by atoms with van der Waals surface area (Å²) in [5, 5.41) is 3.39. The average molecular weight is 646 g/mol. The summed E-state index contributed by atoms with van der Waals surface area (Å²) < 4.78 is 29.4. The fourth-order valence-corrected chi connectivity index (χ4v) is 6.63. The molecule has 0 aromatic heterocycles. The van der Waals surface area contributed by atoms with E-state index in [1.54, 1.807) is 43.3 Å². The van der Waals surface area contributed by atoms with Crippen LogP contribution in [0.4, 0.5) is 5.69 Å². The number of carbonyl (C=O) groups excluding carboxylic acids is 2. The summed E-state index contributed by atoms with van der Waals surface area (Å²) in [5.41, 5.74) is 3.68.